The highest BCUT2D eigenvalue weighted by Gasteiger charge is 2.24. The molecule has 0 aliphatic heterocycles. The van der Waals surface area contributed by atoms with Crippen molar-refractivity contribution >= 4 is 11.7 Å². The van der Waals surface area contributed by atoms with Crippen molar-refractivity contribution in [1.29, 1.82) is 0 Å². The van der Waals surface area contributed by atoms with E-state index in [1.807, 2.05) is 24.0 Å². The molecular weight excluding hydrogens is 250 g/mol. The Labute approximate surface area is 121 Å². The third-order valence-corrected chi connectivity index (χ3v) is 3.95. The molecule has 1 aliphatic carbocycles. The van der Waals surface area contributed by atoms with Gasteiger partial charge in [-0.15, -0.1) is 0 Å². The predicted octanol–water partition coefficient (Wildman–Crippen LogP) is 3.17. The molecule has 1 fully saturated rings. The maximum Gasteiger partial charge on any atom is 0.257 e. The number of pyridine rings is 1. The highest BCUT2D eigenvalue weighted by Crippen LogP contribution is 2.27. The lowest BCUT2D eigenvalue weighted by atomic mass is 9.85. The van der Waals surface area contributed by atoms with Crippen LogP contribution in [0, 0.1) is 5.92 Å². The van der Waals surface area contributed by atoms with Gasteiger partial charge in [0.05, 0.1) is 5.56 Å². The quantitative estimate of drug-likeness (QED) is 0.831. The molecule has 2 rings (SSSR count). The monoisotopic (exact) mass is 275 g/mol. The highest BCUT2D eigenvalue weighted by molar-refractivity contribution is 5.98. The van der Waals surface area contributed by atoms with Crippen LogP contribution in [-0.4, -0.2) is 35.4 Å². The van der Waals surface area contributed by atoms with Crippen molar-refractivity contribution < 1.29 is 4.79 Å². The van der Waals surface area contributed by atoms with E-state index >= 15 is 0 Å². The van der Waals surface area contributed by atoms with E-state index in [2.05, 4.69) is 17.2 Å². The number of rotatable bonds is 7. The third kappa shape index (κ3) is 3.50. The maximum atomic E-state index is 12.7. The van der Waals surface area contributed by atoms with Crippen LogP contribution in [0.3, 0.4) is 0 Å². The van der Waals surface area contributed by atoms with Crippen molar-refractivity contribution in [2.75, 3.05) is 25.0 Å². The van der Waals surface area contributed by atoms with Crippen LogP contribution in [0.1, 0.15) is 49.9 Å². The van der Waals surface area contributed by atoms with Crippen molar-refractivity contribution in [3.05, 3.63) is 23.9 Å². The fourth-order valence-electron chi connectivity index (χ4n) is 2.48. The molecule has 1 aromatic heterocycles. The number of hydrogen-bond donors (Lipinski definition) is 1. The minimum atomic E-state index is 0.103. The summed E-state index contributed by atoms with van der Waals surface area (Å²) in [5.74, 6) is 1.51. The Morgan fingerprint density at radius 3 is 2.85 bits per heavy atom. The van der Waals surface area contributed by atoms with Gasteiger partial charge in [-0.1, -0.05) is 13.3 Å². The molecule has 1 aromatic rings. The second-order valence-corrected chi connectivity index (χ2v) is 5.47. The molecule has 0 unspecified atom stereocenters. The van der Waals surface area contributed by atoms with Crippen molar-refractivity contribution in [3.8, 4) is 0 Å². The van der Waals surface area contributed by atoms with Crippen LogP contribution in [-0.2, 0) is 0 Å². The summed E-state index contributed by atoms with van der Waals surface area (Å²) in [5, 5.41) is 3.25. The predicted molar refractivity (Wildman–Crippen MR) is 81.9 cm³/mol. The van der Waals surface area contributed by atoms with Crippen LogP contribution in [0.2, 0.25) is 0 Å². The lowest BCUT2D eigenvalue weighted by Crippen LogP contribution is -2.37. The molecule has 1 amide bonds. The first-order valence-electron chi connectivity index (χ1n) is 7.74. The van der Waals surface area contributed by atoms with Crippen molar-refractivity contribution in [2.24, 2.45) is 5.92 Å². The average molecular weight is 275 g/mol. The summed E-state index contributed by atoms with van der Waals surface area (Å²) in [4.78, 5) is 18.9. The molecule has 1 heterocycles. The molecule has 1 N–H and O–H groups in total. The Bertz CT molecular complexity index is 443. The van der Waals surface area contributed by atoms with Gasteiger partial charge >= 0.3 is 0 Å². The molecular formula is C16H25N3O. The van der Waals surface area contributed by atoms with Crippen LogP contribution in [0.4, 0.5) is 5.82 Å². The van der Waals surface area contributed by atoms with E-state index in [1.54, 1.807) is 6.20 Å². The molecule has 0 aromatic carbocycles. The van der Waals surface area contributed by atoms with E-state index in [0.29, 0.717) is 17.3 Å². The molecule has 20 heavy (non-hydrogen) atoms. The molecule has 1 aliphatic rings. The van der Waals surface area contributed by atoms with Crippen LogP contribution < -0.4 is 5.32 Å². The van der Waals surface area contributed by atoms with E-state index in [-0.39, 0.29) is 5.91 Å². The molecule has 4 nitrogen and oxygen atoms in total. The second-order valence-electron chi connectivity index (χ2n) is 5.47. The van der Waals surface area contributed by atoms with Gasteiger partial charge in [0.25, 0.3) is 5.91 Å². The van der Waals surface area contributed by atoms with E-state index < -0.39 is 0 Å². The van der Waals surface area contributed by atoms with Gasteiger partial charge in [0.15, 0.2) is 0 Å². The van der Waals surface area contributed by atoms with Crippen molar-refractivity contribution in [1.82, 2.24) is 9.88 Å². The number of carbonyl (C=O) groups is 1. The summed E-state index contributed by atoms with van der Waals surface area (Å²) in [6.45, 7) is 6.64. The number of carbonyl (C=O) groups excluding carboxylic acids is 1. The lowest BCUT2D eigenvalue weighted by Gasteiger charge is -2.32. The first kappa shape index (κ1) is 14.8. The van der Waals surface area contributed by atoms with Crippen molar-refractivity contribution in [3.63, 3.8) is 0 Å². The Kier molecular flexibility index (Phi) is 5.39. The van der Waals surface area contributed by atoms with Crippen LogP contribution in [0.25, 0.3) is 0 Å². The Morgan fingerprint density at radius 1 is 1.45 bits per heavy atom. The zero-order valence-corrected chi connectivity index (χ0v) is 12.6. The Hall–Kier alpha value is -1.58. The summed E-state index contributed by atoms with van der Waals surface area (Å²) in [7, 11) is 0. The molecule has 0 radical (unpaired) electrons. The van der Waals surface area contributed by atoms with Gasteiger partial charge in [0, 0.05) is 25.8 Å². The number of nitrogens with zero attached hydrogens (tertiary/aromatic N) is 2. The summed E-state index contributed by atoms with van der Waals surface area (Å²) in [5.41, 5.74) is 0.696. The minimum absolute atomic E-state index is 0.103. The number of aromatic nitrogens is 1. The molecule has 0 bridgehead atoms. The van der Waals surface area contributed by atoms with Gasteiger partial charge in [0.1, 0.15) is 5.82 Å². The smallest absolute Gasteiger partial charge is 0.257 e. The summed E-state index contributed by atoms with van der Waals surface area (Å²) in [6, 6.07) is 3.71. The van der Waals surface area contributed by atoms with Gasteiger partial charge in [-0.05, 0) is 44.2 Å². The number of amides is 1. The SMILES string of the molecule is CCCNc1ncccc1C(=O)N(CC)CC1CCC1. The van der Waals surface area contributed by atoms with Gasteiger partial charge < -0.3 is 10.2 Å². The second kappa shape index (κ2) is 7.27. The Morgan fingerprint density at radius 2 is 2.25 bits per heavy atom. The number of hydrogen-bond acceptors (Lipinski definition) is 3. The first-order chi connectivity index (χ1) is 9.76. The molecule has 1 saturated carbocycles. The molecule has 4 heteroatoms. The van der Waals surface area contributed by atoms with Crippen molar-refractivity contribution in [2.45, 2.75) is 39.5 Å². The highest BCUT2D eigenvalue weighted by atomic mass is 16.2. The summed E-state index contributed by atoms with van der Waals surface area (Å²) < 4.78 is 0. The normalized spacial score (nSPS) is 14.7. The topological polar surface area (TPSA) is 45.2 Å². The van der Waals surface area contributed by atoms with Gasteiger partial charge in [-0.3, -0.25) is 4.79 Å². The van der Waals surface area contributed by atoms with Gasteiger partial charge in [0.2, 0.25) is 0 Å². The molecule has 0 saturated heterocycles. The zero-order chi connectivity index (χ0) is 14.4. The third-order valence-electron chi connectivity index (χ3n) is 3.95. The largest absolute Gasteiger partial charge is 0.369 e. The maximum absolute atomic E-state index is 12.7. The van der Waals surface area contributed by atoms with E-state index in [1.165, 1.54) is 19.3 Å². The zero-order valence-electron chi connectivity index (χ0n) is 12.6. The van der Waals surface area contributed by atoms with Crippen LogP contribution in [0.5, 0.6) is 0 Å². The van der Waals surface area contributed by atoms with E-state index in [9.17, 15) is 4.79 Å². The molecule has 110 valence electrons. The number of nitrogens with one attached hydrogen (secondary N) is 1. The minimum Gasteiger partial charge on any atom is -0.369 e. The first-order valence-corrected chi connectivity index (χ1v) is 7.74. The summed E-state index contributed by atoms with van der Waals surface area (Å²) in [6.07, 6.45) is 6.59. The molecule has 0 atom stereocenters. The standard InChI is InChI=1S/C16H25N3O/c1-3-10-17-15-14(9-6-11-18-15)16(20)19(4-2)12-13-7-5-8-13/h6,9,11,13H,3-5,7-8,10,12H2,1-2H3,(H,17,18). The van der Waals surface area contributed by atoms with E-state index in [0.717, 1.165) is 26.1 Å². The fourth-order valence-corrected chi connectivity index (χ4v) is 2.48. The number of anilines is 1. The fraction of sp³-hybridized carbons (Fsp3) is 0.625. The van der Waals surface area contributed by atoms with E-state index in [4.69, 9.17) is 0 Å². The lowest BCUT2D eigenvalue weighted by molar-refractivity contribution is 0.0707. The molecule has 0 spiro atoms. The van der Waals surface area contributed by atoms with Gasteiger partial charge in [-0.25, -0.2) is 4.98 Å². The average Bonchev–Trinajstić information content (AvgIpc) is 2.44. The van der Waals surface area contributed by atoms with Crippen LogP contribution in [0.15, 0.2) is 18.3 Å². The van der Waals surface area contributed by atoms with Crippen LogP contribution >= 0.6 is 0 Å². The Balaban J connectivity index is 2.09. The van der Waals surface area contributed by atoms with Gasteiger partial charge in [-0.2, -0.15) is 0 Å². The summed E-state index contributed by atoms with van der Waals surface area (Å²) >= 11 is 0.